The first kappa shape index (κ1) is 26.5. The topological polar surface area (TPSA) is 65.0 Å². The minimum Gasteiger partial charge on any atom is -0.492 e. The lowest BCUT2D eigenvalue weighted by Gasteiger charge is -2.25. The summed E-state index contributed by atoms with van der Waals surface area (Å²) in [5, 5.41) is 9.71. The van der Waals surface area contributed by atoms with Crippen molar-refractivity contribution in [2.45, 2.75) is 45.1 Å². The number of alkyl halides is 5. The third kappa shape index (κ3) is 5.97. The quantitative estimate of drug-likeness (QED) is 0.181. The van der Waals surface area contributed by atoms with Crippen LogP contribution in [0.5, 0.6) is 5.75 Å². The number of hydrogen-bond acceptors (Lipinski definition) is 6. The van der Waals surface area contributed by atoms with Crippen LogP contribution in [-0.4, -0.2) is 31.1 Å². The molecule has 2 aromatic rings. The van der Waals surface area contributed by atoms with Crippen LogP contribution in [0.15, 0.2) is 16.6 Å². The maximum Gasteiger partial charge on any atom is 0.405 e. The molecule has 5 nitrogen and oxygen atoms in total. The standard InChI is InChI=1S/C18H21BrF5O5PS/c1-3-28-30(26,29-4-2)18(23,24)16-14(19)12-8-11(10-25)9-13(15(12)31-16)27-7-5-6-17(20,21)22/h8-9,25H,3-7,10H2,1-2H3. The summed E-state index contributed by atoms with van der Waals surface area (Å²) in [7, 11) is -4.87. The molecule has 0 fully saturated rings. The van der Waals surface area contributed by atoms with E-state index in [4.69, 9.17) is 13.8 Å². The van der Waals surface area contributed by atoms with Gasteiger partial charge in [0.1, 0.15) is 10.6 Å². The third-order valence-corrected chi connectivity index (χ3v) is 8.65. The molecule has 0 unspecified atom stereocenters. The molecule has 31 heavy (non-hydrogen) atoms. The smallest absolute Gasteiger partial charge is 0.405 e. The first-order valence-electron chi connectivity index (χ1n) is 9.23. The zero-order chi connectivity index (χ0) is 23.4. The summed E-state index contributed by atoms with van der Waals surface area (Å²) in [4.78, 5) is -0.636. The van der Waals surface area contributed by atoms with E-state index in [0.717, 1.165) is 0 Å². The number of thiophene rings is 1. The van der Waals surface area contributed by atoms with E-state index in [0.29, 0.717) is 16.9 Å². The molecule has 0 spiro atoms. The molecule has 1 aromatic heterocycles. The van der Waals surface area contributed by atoms with Crippen LogP contribution >= 0.6 is 34.9 Å². The molecule has 1 heterocycles. The van der Waals surface area contributed by atoms with Crippen molar-refractivity contribution in [2.75, 3.05) is 19.8 Å². The Morgan fingerprint density at radius 3 is 2.26 bits per heavy atom. The Labute approximate surface area is 188 Å². The van der Waals surface area contributed by atoms with Gasteiger partial charge in [0, 0.05) is 16.3 Å². The van der Waals surface area contributed by atoms with Crippen molar-refractivity contribution in [2.24, 2.45) is 0 Å². The van der Waals surface area contributed by atoms with E-state index in [1.54, 1.807) is 0 Å². The number of hydrogen-bond donors (Lipinski definition) is 1. The number of rotatable bonds is 11. The van der Waals surface area contributed by atoms with Crippen LogP contribution in [0.3, 0.4) is 0 Å². The summed E-state index contributed by atoms with van der Waals surface area (Å²) < 4.78 is 95.6. The van der Waals surface area contributed by atoms with E-state index in [1.807, 2.05) is 0 Å². The average molecular weight is 555 g/mol. The molecule has 2 rings (SSSR count). The van der Waals surface area contributed by atoms with Gasteiger partial charge in [0.05, 0.1) is 31.1 Å². The number of fused-ring (bicyclic) bond motifs is 1. The summed E-state index contributed by atoms with van der Waals surface area (Å²) in [6, 6.07) is 2.80. The molecule has 0 aliphatic rings. The van der Waals surface area contributed by atoms with Gasteiger partial charge in [-0.3, -0.25) is 4.57 Å². The molecule has 0 atom stereocenters. The molecule has 0 amide bonds. The van der Waals surface area contributed by atoms with E-state index in [1.165, 1.54) is 26.0 Å². The van der Waals surface area contributed by atoms with Crippen LogP contribution in [0.1, 0.15) is 37.1 Å². The molecule has 0 saturated heterocycles. The van der Waals surface area contributed by atoms with Crippen molar-refractivity contribution in [1.29, 1.82) is 0 Å². The molecule has 0 aliphatic heterocycles. The largest absolute Gasteiger partial charge is 0.492 e. The second-order valence-corrected chi connectivity index (χ2v) is 10.2. The highest BCUT2D eigenvalue weighted by Gasteiger charge is 2.57. The fourth-order valence-corrected chi connectivity index (χ4v) is 6.72. The summed E-state index contributed by atoms with van der Waals surface area (Å²) in [6.45, 7) is 1.53. The summed E-state index contributed by atoms with van der Waals surface area (Å²) in [5.74, 6) is 0.0409. The fraction of sp³-hybridized carbons (Fsp3) is 0.556. The van der Waals surface area contributed by atoms with Crippen LogP contribution in [0.25, 0.3) is 10.1 Å². The summed E-state index contributed by atoms with van der Waals surface area (Å²) in [5.41, 5.74) is -3.70. The normalized spacial score (nSPS) is 13.2. The van der Waals surface area contributed by atoms with Crippen molar-refractivity contribution < 1.29 is 45.4 Å². The maximum atomic E-state index is 15.3. The van der Waals surface area contributed by atoms with Crippen molar-refractivity contribution >= 4 is 44.9 Å². The van der Waals surface area contributed by atoms with E-state index < -0.39 is 37.3 Å². The van der Waals surface area contributed by atoms with Gasteiger partial charge in [-0.1, -0.05) is 0 Å². The van der Waals surface area contributed by atoms with Crippen molar-refractivity contribution in [3.05, 3.63) is 27.0 Å². The number of benzene rings is 1. The summed E-state index contributed by atoms with van der Waals surface area (Å²) >= 11 is 3.66. The minimum atomic E-state index is -4.87. The van der Waals surface area contributed by atoms with E-state index in [-0.39, 0.29) is 46.5 Å². The van der Waals surface area contributed by atoms with Crippen LogP contribution in [0.4, 0.5) is 22.0 Å². The molecule has 0 aliphatic carbocycles. The van der Waals surface area contributed by atoms with Gasteiger partial charge in [-0.2, -0.15) is 22.0 Å². The Kier molecular flexibility index (Phi) is 8.91. The van der Waals surface area contributed by atoms with Gasteiger partial charge in [0.15, 0.2) is 0 Å². The molecule has 1 aromatic carbocycles. The lowest BCUT2D eigenvalue weighted by Crippen LogP contribution is -2.17. The lowest BCUT2D eigenvalue weighted by molar-refractivity contribution is -0.136. The first-order valence-corrected chi connectivity index (χ1v) is 12.4. The number of aliphatic hydroxyl groups is 1. The number of aliphatic hydroxyl groups excluding tert-OH is 1. The predicted molar refractivity (Wildman–Crippen MR) is 111 cm³/mol. The van der Waals surface area contributed by atoms with E-state index in [9.17, 15) is 22.8 Å². The van der Waals surface area contributed by atoms with Gasteiger partial charge >= 0.3 is 19.4 Å². The van der Waals surface area contributed by atoms with Gasteiger partial charge < -0.3 is 18.9 Å². The maximum absolute atomic E-state index is 15.3. The zero-order valence-electron chi connectivity index (χ0n) is 16.6. The highest BCUT2D eigenvalue weighted by atomic mass is 79.9. The Bertz CT molecular complexity index is 940. The zero-order valence-corrected chi connectivity index (χ0v) is 19.9. The molecular weight excluding hydrogens is 534 g/mol. The first-order chi connectivity index (χ1) is 14.4. The molecule has 0 radical (unpaired) electrons. The second kappa shape index (κ2) is 10.4. The van der Waals surface area contributed by atoms with Crippen molar-refractivity contribution in [3.63, 3.8) is 0 Å². The Balaban J connectivity index is 2.51. The predicted octanol–water partition coefficient (Wildman–Crippen LogP) is 7.19. The average Bonchev–Trinajstić information content (AvgIpc) is 3.02. The molecule has 0 saturated carbocycles. The van der Waals surface area contributed by atoms with Gasteiger partial charge in [0.2, 0.25) is 0 Å². The molecule has 0 bridgehead atoms. The molecule has 13 heteroatoms. The minimum absolute atomic E-state index is 0.0409. The lowest BCUT2D eigenvalue weighted by atomic mass is 10.1. The van der Waals surface area contributed by atoms with Crippen LogP contribution in [0.2, 0.25) is 0 Å². The fourth-order valence-electron chi connectivity index (χ4n) is 2.71. The molecule has 1 N–H and O–H groups in total. The van der Waals surface area contributed by atoms with Crippen molar-refractivity contribution in [1.82, 2.24) is 0 Å². The highest BCUT2D eigenvalue weighted by Crippen LogP contribution is 2.69. The van der Waals surface area contributed by atoms with Crippen LogP contribution < -0.4 is 4.74 Å². The van der Waals surface area contributed by atoms with E-state index in [2.05, 4.69) is 15.9 Å². The van der Waals surface area contributed by atoms with E-state index >= 15 is 8.78 Å². The monoisotopic (exact) mass is 554 g/mol. The molecule has 176 valence electrons. The van der Waals surface area contributed by atoms with Gasteiger partial charge in [0.25, 0.3) is 0 Å². The van der Waals surface area contributed by atoms with Gasteiger partial charge in [-0.25, -0.2) is 0 Å². The van der Waals surface area contributed by atoms with Crippen LogP contribution in [-0.2, 0) is 25.9 Å². The Morgan fingerprint density at radius 2 is 1.74 bits per heavy atom. The molecular formula is C18H21BrF5O5PS. The SMILES string of the molecule is CCOP(=O)(OCC)C(F)(F)c1sc2c(OCCCC(F)(F)F)cc(CO)cc2c1Br. The van der Waals surface area contributed by atoms with Crippen molar-refractivity contribution in [3.8, 4) is 5.75 Å². The summed E-state index contributed by atoms with van der Waals surface area (Å²) in [6.07, 6.45) is -5.72. The Hall–Kier alpha value is -0.780. The highest BCUT2D eigenvalue weighted by molar-refractivity contribution is 9.10. The van der Waals surface area contributed by atoms with Gasteiger partial charge in [-0.15, -0.1) is 11.3 Å². The number of halogens is 6. The second-order valence-electron chi connectivity index (χ2n) is 6.32. The third-order valence-electron chi connectivity index (χ3n) is 4.01. The van der Waals surface area contributed by atoms with Crippen LogP contribution in [0, 0.1) is 0 Å². The number of ether oxygens (including phenoxy) is 1. The Morgan fingerprint density at radius 1 is 1.13 bits per heavy atom. The van der Waals surface area contributed by atoms with Gasteiger partial charge in [-0.05, 0) is 53.9 Å².